The van der Waals surface area contributed by atoms with E-state index in [-0.39, 0.29) is 6.61 Å². The van der Waals surface area contributed by atoms with Gasteiger partial charge in [-0.2, -0.15) is 0 Å². The quantitative estimate of drug-likeness (QED) is 0.899. The molecule has 0 fully saturated rings. The Balaban J connectivity index is 2.47. The maximum atomic E-state index is 9.15. The molecule has 4 nitrogen and oxygen atoms in total. The SMILES string of the molecule is COc1ccc(-c2ccc(C)n2CCO)cc1OC. The van der Waals surface area contributed by atoms with Crippen LogP contribution in [0.1, 0.15) is 5.69 Å². The van der Waals surface area contributed by atoms with Crippen LogP contribution in [0.2, 0.25) is 0 Å². The zero-order chi connectivity index (χ0) is 13.8. The summed E-state index contributed by atoms with van der Waals surface area (Å²) in [4.78, 5) is 0. The molecule has 19 heavy (non-hydrogen) atoms. The number of aliphatic hydroxyl groups excluding tert-OH is 1. The summed E-state index contributed by atoms with van der Waals surface area (Å²) in [7, 11) is 3.25. The van der Waals surface area contributed by atoms with Crippen molar-refractivity contribution in [2.45, 2.75) is 13.5 Å². The number of hydrogen-bond donors (Lipinski definition) is 1. The average molecular weight is 261 g/mol. The molecular formula is C15H19NO3. The first kappa shape index (κ1) is 13.5. The molecular weight excluding hydrogens is 242 g/mol. The Bertz CT molecular complexity index is 561. The van der Waals surface area contributed by atoms with E-state index in [4.69, 9.17) is 14.6 Å². The molecule has 1 aromatic carbocycles. The van der Waals surface area contributed by atoms with Crippen molar-refractivity contribution in [1.29, 1.82) is 0 Å². The Morgan fingerprint density at radius 1 is 1.05 bits per heavy atom. The van der Waals surface area contributed by atoms with Crippen LogP contribution in [0.15, 0.2) is 30.3 Å². The van der Waals surface area contributed by atoms with Gasteiger partial charge in [0, 0.05) is 23.5 Å². The number of nitrogens with zero attached hydrogens (tertiary/aromatic N) is 1. The molecule has 1 heterocycles. The van der Waals surface area contributed by atoms with Crippen LogP contribution in [0.25, 0.3) is 11.3 Å². The second kappa shape index (κ2) is 5.80. The molecule has 0 atom stereocenters. The molecule has 102 valence electrons. The van der Waals surface area contributed by atoms with E-state index in [2.05, 4.69) is 4.57 Å². The van der Waals surface area contributed by atoms with E-state index in [9.17, 15) is 0 Å². The van der Waals surface area contributed by atoms with E-state index in [1.165, 1.54) is 0 Å². The van der Waals surface area contributed by atoms with Crippen LogP contribution in [0.5, 0.6) is 11.5 Å². The lowest BCUT2D eigenvalue weighted by molar-refractivity contribution is 0.276. The molecule has 0 saturated heterocycles. The van der Waals surface area contributed by atoms with E-state index in [1.807, 2.05) is 37.3 Å². The van der Waals surface area contributed by atoms with Crippen LogP contribution in [0.4, 0.5) is 0 Å². The highest BCUT2D eigenvalue weighted by atomic mass is 16.5. The molecule has 0 saturated carbocycles. The van der Waals surface area contributed by atoms with Gasteiger partial charge in [0.2, 0.25) is 0 Å². The monoisotopic (exact) mass is 261 g/mol. The van der Waals surface area contributed by atoms with E-state index in [0.29, 0.717) is 18.0 Å². The standard InChI is InChI=1S/C15H19NO3/c1-11-4-6-13(16(11)8-9-17)12-5-7-14(18-2)15(10-12)19-3/h4-7,10,17H,8-9H2,1-3H3. The molecule has 0 aliphatic carbocycles. The predicted octanol–water partition coefficient (Wildman–Crippen LogP) is 2.47. The van der Waals surface area contributed by atoms with Crippen molar-refractivity contribution >= 4 is 0 Å². The lowest BCUT2D eigenvalue weighted by Crippen LogP contribution is -2.05. The van der Waals surface area contributed by atoms with Gasteiger partial charge in [0.25, 0.3) is 0 Å². The molecule has 4 heteroatoms. The van der Waals surface area contributed by atoms with Gasteiger partial charge >= 0.3 is 0 Å². The molecule has 0 spiro atoms. The highest BCUT2D eigenvalue weighted by molar-refractivity contribution is 5.65. The number of hydrogen-bond acceptors (Lipinski definition) is 3. The van der Waals surface area contributed by atoms with E-state index < -0.39 is 0 Å². The van der Waals surface area contributed by atoms with Crippen molar-refractivity contribution in [3.05, 3.63) is 36.0 Å². The van der Waals surface area contributed by atoms with Gasteiger partial charge in [-0.25, -0.2) is 0 Å². The lowest BCUT2D eigenvalue weighted by Gasteiger charge is -2.13. The molecule has 1 N–H and O–H groups in total. The summed E-state index contributed by atoms with van der Waals surface area (Å²) in [6.07, 6.45) is 0. The first-order valence-corrected chi connectivity index (χ1v) is 6.20. The van der Waals surface area contributed by atoms with Crippen LogP contribution < -0.4 is 9.47 Å². The van der Waals surface area contributed by atoms with Crippen LogP contribution >= 0.6 is 0 Å². The van der Waals surface area contributed by atoms with Crippen LogP contribution in [0.3, 0.4) is 0 Å². The van der Waals surface area contributed by atoms with E-state index >= 15 is 0 Å². The number of aliphatic hydroxyl groups is 1. The first-order valence-electron chi connectivity index (χ1n) is 6.20. The van der Waals surface area contributed by atoms with Crippen LogP contribution in [-0.4, -0.2) is 30.5 Å². The van der Waals surface area contributed by atoms with Crippen LogP contribution in [0, 0.1) is 6.92 Å². The number of aromatic nitrogens is 1. The number of rotatable bonds is 5. The fourth-order valence-electron chi connectivity index (χ4n) is 2.21. The third-order valence-corrected chi connectivity index (χ3v) is 3.20. The van der Waals surface area contributed by atoms with Crippen molar-refractivity contribution in [1.82, 2.24) is 4.57 Å². The third kappa shape index (κ3) is 2.58. The maximum absolute atomic E-state index is 9.15. The third-order valence-electron chi connectivity index (χ3n) is 3.20. The minimum absolute atomic E-state index is 0.121. The molecule has 1 aromatic heterocycles. The number of methoxy groups -OCH3 is 2. The Morgan fingerprint density at radius 2 is 1.79 bits per heavy atom. The van der Waals surface area contributed by atoms with Gasteiger partial charge in [-0.1, -0.05) is 0 Å². The van der Waals surface area contributed by atoms with Gasteiger partial charge in [0.05, 0.1) is 20.8 Å². The minimum atomic E-state index is 0.121. The summed E-state index contributed by atoms with van der Waals surface area (Å²) in [5, 5.41) is 9.15. The summed E-state index contributed by atoms with van der Waals surface area (Å²) in [5.41, 5.74) is 3.23. The number of benzene rings is 1. The van der Waals surface area contributed by atoms with Crippen molar-refractivity contribution in [2.75, 3.05) is 20.8 Å². The molecule has 2 aromatic rings. The number of ether oxygens (including phenoxy) is 2. The summed E-state index contributed by atoms with van der Waals surface area (Å²) < 4.78 is 12.6. The molecule has 0 unspecified atom stereocenters. The van der Waals surface area contributed by atoms with Gasteiger partial charge in [-0.3, -0.25) is 0 Å². The lowest BCUT2D eigenvalue weighted by atomic mass is 10.1. The van der Waals surface area contributed by atoms with Crippen LogP contribution in [-0.2, 0) is 6.54 Å². The topological polar surface area (TPSA) is 43.6 Å². The zero-order valence-electron chi connectivity index (χ0n) is 11.5. The number of aryl methyl sites for hydroxylation is 1. The molecule has 0 aliphatic heterocycles. The normalized spacial score (nSPS) is 10.5. The first-order chi connectivity index (χ1) is 9.21. The fraction of sp³-hybridized carbons (Fsp3) is 0.333. The smallest absolute Gasteiger partial charge is 0.161 e. The van der Waals surface area contributed by atoms with Gasteiger partial charge in [0.15, 0.2) is 11.5 Å². The van der Waals surface area contributed by atoms with Crippen molar-refractivity contribution in [3.8, 4) is 22.8 Å². The average Bonchev–Trinajstić information content (AvgIpc) is 2.80. The largest absolute Gasteiger partial charge is 0.493 e. The molecule has 0 bridgehead atoms. The van der Waals surface area contributed by atoms with E-state index in [1.54, 1.807) is 14.2 Å². The van der Waals surface area contributed by atoms with Crippen molar-refractivity contribution in [2.24, 2.45) is 0 Å². The minimum Gasteiger partial charge on any atom is -0.493 e. The Kier molecular flexibility index (Phi) is 4.12. The molecule has 0 amide bonds. The maximum Gasteiger partial charge on any atom is 0.161 e. The second-order valence-corrected chi connectivity index (χ2v) is 4.30. The Hall–Kier alpha value is -1.94. The summed E-state index contributed by atoms with van der Waals surface area (Å²) in [6, 6.07) is 9.92. The Morgan fingerprint density at radius 3 is 2.42 bits per heavy atom. The highest BCUT2D eigenvalue weighted by Crippen LogP contribution is 2.32. The Labute approximate surface area is 113 Å². The summed E-state index contributed by atoms with van der Waals surface area (Å²) in [6.45, 7) is 2.73. The van der Waals surface area contributed by atoms with Crippen molar-refractivity contribution < 1.29 is 14.6 Å². The zero-order valence-corrected chi connectivity index (χ0v) is 11.5. The molecule has 0 aliphatic rings. The van der Waals surface area contributed by atoms with Gasteiger partial charge < -0.3 is 19.1 Å². The van der Waals surface area contributed by atoms with Gasteiger partial charge in [-0.05, 0) is 37.3 Å². The van der Waals surface area contributed by atoms with Crippen molar-refractivity contribution in [3.63, 3.8) is 0 Å². The van der Waals surface area contributed by atoms with Gasteiger partial charge in [-0.15, -0.1) is 0 Å². The summed E-state index contributed by atoms with van der Waals surface area (Å²) in [5.74, 6) is 1.41. The second-order valence-electron chi connectivity index (χ2n) is 4.30. The molecule has 0 radical (unpaired) electrons. The highest BCUT2D eigenvalue weighted by Gasteiger charge is 2.10. The molecule has 2 rings (SSSR count). The fourth-order valence-corrected chi connectivity index (χ4v) is 2.21. The van der Waals surface area contributed by atoms with Gasteiger partial charge in [0.1, 0.15) is 0 Å². The van der Waals surface area contributed by atoms with E-state index in [0.717, 1.165) is 17.0 Å². The predicted molar refractivity (Wildman–Crippen MR) is 74.8 cm³/mol. The summed E-state index contributed by atoms with van der Waals surface area (Å²) >= 11 is 0.